The normalized spacial score (nSPS) is 13.7. The molecule has 0 aromatic heterocycles. The summed E-state index contributed by atoms with van der Waals surface area (Å²) in [6.07, 6.45) is 0. The van der Waals surface area contributed by atoms with E-state index in [1.165, 1.54) is 7.11 Å². The van der Waals surface area contributed by atoms with Crippen molar-refractivity contribution < 1.29 is 23.8 Å². The summed E-state index contributed by atoms with van der Waals surface area (Å²) in [5.41, 5.74) is 2.70. The van der Waals surface area contributed by atoms with Crippen molar-refractivity contribution in [1.29, 1.82) is 0 Å². The molecule has 0 radical (unpaired) electrons. The van der Waals surface area contributed by atoms with E-state index in [9.17, 15) is 9.59 Å². The lowest BCUT2D eigenvalue weighted by Gasteiger charge is -2.30. The van der Waals surface area contributed by atoms with Crippen LogP contribution in [0.15, 0.2) is 42.5 Å². The molecule has 1 fully saturated rings. The number of methoxy groups -OCH3 is 1. The van der Waals surface area contributed by atoms with Gasteiger partial charge in [0.2, 0.25) is 0 Å². The van der Waals surface area contributed by atoms with E-state index in [0.717, 1.165) is 11.3 Å². The van der Waals surface area contributed by atoms with Crippen molar-refractivity contribution in [3.8, 4) is 5.75 Å². The lowest BCUT2D eigenvalue weighted by Crippen LogP contribution is -2.37. The molecule has 0 aliphatic carbocycles. The van der Waals surface area contributed by atoms with Gasteiger partial charge in [0.15, 0.2) is 6.61 Å². The largest absolute Gasteiger partial charge is 0.483 e. The molecule has 148 valence electrons. The van der Waals surface area contributed by atoms with Gasteiger partial charge in [0.1, 0.15) is 5.75 Å². The maximum absolute atomic E-state index is 12.5. The lowest BCUT2D eigenvalue weighted by molar-refractivity contribution is -0.118. The third kappa shape index (κ3) is 4.80. The first-order valence-electron chi connectivity index (χ1n) is 9.12. The highest BCUT2D eigenvalue weighted by Crippen LogP contribution is 2.28. The van der Waals surface area contributed by atoms with Crippen LogP contribution in [0.25, 0.3) is 0 Å². The number of para-hydroxylation sites is 1. The number of nitrogens with zero attached hydrogens (tertiary/aromatic N) is 1. The molecule has 7 nitrogen and oxygen atoms in total. The zero-order valence-corrected chi connectivity index (χ0v) is 16.1. The molecule has 1 heterocycles. The third-order valence-corrected chi connectivity index (χ3v) is 4.50. The highest BCUT2D eigenvalue weighted by Gasteiger charge is 2.19. The Kier molecular flexibility index (Phi) is 6.49. The van der Waals surface area contributed by atoms with E-state index in [1.807, 2.05) is 37.3 Å². The van der Waals surface area contributed by atoms with Crippen LogP contribution in [0, 0.1) is 6.92 Å². The number of carbonyl (C=O) groups is 2. The maximum atomic E-state index is 12.5. The Morgan fingerprint density at radius 1 is 1.14 bits per heavy atom. The molecule has 3 rings (SSSR count). The number of hydrogen-bond acceptors (Lipinski definition) is 6. The summed E-state index contributed by atoms with van der Waals surface area (Å²) >= 11 is 0. The van der Waals surface area contributed by atoms with Gasteiger partial charge in [-0.3, -0.25) is 4.79 Å². The standard InChI is InChI=1S/C21H24N2O5/c1-15-5-3-4-6-19(15)28-14-20(24)22-17-13-16(21(25)26-2)7-8-18(17)23-9-11-27-12-10-23/h3-8,13H,9-12,14H2,1-2H3,(H,22,24). The molecular weight excluding hydrogens is 360 g/mol. The first-order valence-corrected chi connectivity index (χ1v) is 9.12. The number of esters is 1. The average molecular weight is 384 g/mol. The average Bonchev–Trinajstić information content (AvgIpc) is 2.73. The Bertz CT molecular complexity index is 846. The van der Waals surface area contributed by atoms with Crippen LogP contribution in [-0.2, 0) is 14.3 Å². The van der Waals surface area contributed by atoms with E-state index < -0.39 is 5.97 Å². The van der Waals surface area contributed by atoms with Crippen molar-refractivity contribution in [3.63, 3.8) is 0 Å². The SMILES string of the molecule is COC(=O)c1ccc(N2CCOCC2)c(NC(=O)COc2ccccc2C)c1. The Morgan fingerprint density at radius 3 is 2.61 bits per heavy atom. The zero-order valence-electron chi connectivity index (χ0n) is 16.1. The number of nitrogens with one attached hydrogen (secondary N) is 1. The predicted octanol–water partition coefficient (Wildman–Crippen LogP) is 2.64. The maximum Gasteiger partial charge on any atom is 0.337 e. The molecule has 1 aliphatic rings. The van der Waals surface area contributed by atoms with Crippen molar-refractivity contribution in [1.82, 2.24) is 0 Å². The molecule has 2 aromatic rings. The summed E-state index contributed by atoms with van der Waals surface area (Å²) in [7, 11) is 1.33. The van der Waals surface area contributed by atoms with Crippen LogP contribution in [0.5, 0.6) is 5.75 Å². The fourth-order valence-corrected chi connectivity index (χ4v) is 3.01. The van der Waals surface area contributed by atoms with Crippen LogP contribution in [0.2, 0.25) is 0 Å². The van der Waals surface area contributed by atoms with Gasteiger partial charge in [-0.15, -0.1) is 0 Å². The zero-order chi connectivity index (χ0) is 19.9. The third-order valence-electron chi connectivity index (χ3n) is 4.50. The minimum Gasteiger partial charge on any atom is -0.483 e. The summed E-state index contributed by atoms with van der Waals surface area (Å²) in [5.74, 6) is -0.102. The monoisotopic (exact) mass is 384 g/mol. The quantitative estimate of drug-likeness (QED) is 0.772. The van der Waals surface area contributed by atoms with Crippen LogP contribution in [-0.4, -0.2) is 51.9 Å². The van der Waals surface area contributed by atoms with Crippen LogP contribution < -0.4 is 15.0 Å². The molecule has 28 heavy (non-hydrogen) atoms. The highest BCUT2D eigenvalue weighted by atomic mass is 16.5. The number of hydrogen-bond donors (Lipinski definition) is 1. The van der Waals surface area contributed by atoms with Crippen molar-refractivity contribution in [2.45, 2.75) is 6.92 Å². The highest BCUT2D eigenvalue weighted by molar-refractivity contribution is 5.98. The Hall–Kier alpha value is -3.06. The molecule has 1 N–H and O–H groups in total. The van der Waals surface area contributed by atoms with Gasteiger partial charge in [-0.25, -0.2) is 4.79 Å². The molecule has 2 aromatic carbocycles. The van der Waals surface area contributed by atoms with Gasteiger partial charge in [0, 0.05) is 13.1 Å². The molecule has 0 atom stereocenters. The molecule has 1 saturated heterocycles. The Morgan fingerprint density at radius 2 is 1.89 bits per heavy atom. The van der Waals surface area contributed by atoms with Gasteiger partial charge in [-0.05, 0) is 36.8 Å². The van der Waals surface area contributed by atoms with Gasteiger partial charge >= 0.3 is 5.97 Å². The molecule has 7 heteroatoms. The van der Waals surface area contributed by atoms with Crippen molar-refractivity contribution in [2.75, 3.05) is 50.2 Å². The second kappa shape index (κ2) is 9.23. The molecule has 1 amide bonds. The molecule has 0 bridgehead atoms. The number of aryl methyl sites for hydroxylation is 1. The van der Waals surface area contributed by atoms with E-state index in [-0.39, 0.29) is 12.5 Å². The van der Waals surface area contributed by atoms with E-state index in [0.29, 0.717) is 43.3 Å². The number of amides is 1. The van der Waals surface area contributed by atoms with E-state index in [2.05, 4.69) is 10.2 Å². The van der Waals surface area contributed by atoms with Gasteiger partial charge in [-0.2, -0.15) is 0 Å². The van der Waals surface area contributed by atoms with E-state index in [4.69, 9.17) is 14.2 Å². The second-order valence-electron chi connectivity index (χ2n) is 6.43. The number of morpholine rings is 1. The fraction of sp³-hybridized carbons (Fsp3) is 0.333. The van der Waals surface area contributed by atoms with Crippen LogP contribution in [0.4, 0.5) is 11.4 Å². The summed E-state index contributed by atoms with van der Waals surface area (Å²) < 4.78 is 15.8. The molecule has 0 unspecified atom stereocenters. The summed E-state index contributed by atoms with van der Waals surface area (Å²) in [4.78, 5) is 26.5. The molecular formula is C21H24N2O5. The van der Waals surface area contributed by atoms with E-state index >= 15 is 0 Å². The second-order valence-corrected chi connectivity index (χ2v) is 6.43. The molecule has 1 aliphatic heterocycles. The van der Waals surface area contributed by atoms with Crippen LogP contribution in [0.1, 0.15) is 15.9 Å². The smallest absolute Gasteiger partial charge is 0.337 e. The lowest BCUT2D eigenvalue weighted by atomic mass is 10.1. The Labute approximate surface area is 164 Å². The topological polar surface area (TPSA) is 77.1 Å². The van der Waals surface area contributed by atoms with Crippen molar-refractivity contribution >= 4 is 23.3 Å². The number of carbonyl (C=O) groups excluding carboxylic acids is 2. The summed E-state index contributed by atoms with van der Waals surface area (Å²) in [6.45, 7) is 4.44. The van der Waals surface area contributed by atoms with Gasteiger partial charge in [0.25, 0.3) is 5.91 Å². The van der Waals surface area contributed by atoms with Gasteiger partial charge < -0.3 is 24.4 Å². The van der Waals surface area contributed by atoms with Crippen LogP contribution >= 0.6 is 0 Å². The molecule has 0 spiro atoms. The van der Waals surface area contributed by atoms with E-state index in [1.54, 1.807) is 12.1 Å². The fourth-order valence-electron chi connectivity index (χ4n) is 3.01. The van der Waals surface area contributed by atoms with Crippen LogP contribution in [0.3, 0.4) is 0 Å². The minimum atomic E-state index is -0.458. The van der Waals surface area contributed by atoms with Crippen molar-refractivity contribution in [3.05, 3.63) is 53.6 Å². The Balaban J connectivity index is 1.76. The number of benzene rings is 2. The number of ether oxygens (including phenoxy) is 3. The molecule has 0 saturated carbocycles. The number of anilines is 2. The summed E-state index contributed by atoms with van der Waals surface area (Å²) in [6, 6.07) is 12.6. The summed E-state index contributed by atoms with van der Waals surface area (Å²) in [5, 5.41) is 2.86. The first kappa shape index (κ1) is 19.7. The van der Waals surface area contributed by atoms with Gasteiger partial charge in [-0.1, -0.05) is 18.2 Å². The predicted molar refractivity (Wildman–Crippen MR) is 106 cm³/mol. The minimum absolute atomic E-state index is 0.129. The first-order chi connectivity index (χ1) is 13.6. The van der Waals surface area contributed by atoms with Gasteiger partial charge in [0.05, 0.1) is 37.3 Å². The van der Waals surface area contributed by atoms with Crippen molar-refractivity contribution in [2.24, 2.45) is 0 Å². The number of rotatable bonds is 6.